The van der Waals surface area contributed by atoms with E-state index < -0.39 is 22.7 Å². The number of halogens is 1. The van der Waals surface area contributed by atoms with Crippen molar-refractivity contribution in [2.24, 2.45) is 0 Å². The van der Waals surface area contributed by atoms with E-state index in [4.69, 9.17) is 18.9 Å². The van der Waals surface area contributed by atoms with Gasteiger partial charge in [-0.1, -0.05) is 0 Å². The number of benzene rings is 2. The van der Waals surface area contributed by atoms with Crippen molar-refractivity contribution in [2.45, 2.75) is 0 Å². The van der Waals surface area contributed by atoms with Crippen LogP contribution in [-0.2, 0) is 23.8 Å². The summed E-state index contributed by atoms with van der Waals surface area (Å²) in [6, 6.07) is 8.81. The minimum absolute atomic E-state index is 0.0465. The molecule has 0 fully saturated rings. The van der Waals surface area contributed by atoms with Crippen LogP contribution in [0.25, 0.3) is 0 Å². The molecule has 1 aliphatic rings. The molecule has 2 aromatic carbocycles. The monoisotopic (exact) mass is 432 g/mol. The molecule has 0 unspecified atom stereocenters. The van der Waals surface area contributed by atoms with E-state index in [1.807, 2.05) is 0 Å². The average molecular weight is 432 g/mol. The zero-order chi connectivity index (χ0) is 22.5. The van der Waals surface area contributed by atoms with Gasteiger partial charge in [-0.3, -0.25) is 10.1 Å². The Balaban J connectivity index is 2.09. The van der Waals surface area contributed by atoms with E-state index in [0.29, 0.717) is 0 Å². The van der Waals surface area contributed by atoms with E-state index in [1.54, 1.807) is 0 Å². The topological polar surface area (TPSA) is 117 Å². The summed E-state index contributed by atoms with van der Waals surface area (Å²) in [4.78, 5) is 36.6. The van der Waals surface area contributed by atoms with Crippen LogP contribution in [0.15, 0.2) is 53.7 Å². The van der Waals surface area contributed by atoms with E-state index in [2.05, 4.69) is 0 Å². The molecule has 1 aliphatic heterocycles. The van der Waals surface area contributed by atoms with Gasteiger partial charge in [-0.15, -0.1) is 0 Å². The Kier molecular flexibility index (Phi) is 6.46. The van der Waals surface area contributed by atoms with Gasteiger partial charge in [-0.25, -0.2) is 14.0 Å². The van der Waals surface area contributed by atoms with Crippen LogP contribution in [0.2, 0.25) is 0 Å². The standard InChI is InChI=1S/C20H17FN2O8/c1-28-19(24)17-10-30-11-22(18(17)20(25)29-2)13-7-14(23(26)27)9-16(8-13)31-15-5-3-12(21)4-6-15/h3-9H,10-11H2,1-2H3. The van der Waals surface area contributed by atoms with E-state index in [-0.39, 0.29) is 47.5 Å². The number of nitrogens with zero attached hydrogens (tertiary/aromatic N) is 2. The molecule has 0 amide bonds. The van der Waals surface area contributed by atoms with Gasteiger partial charge in [0.25, 0.3) is 5.69 Å². The van der Waals surface area contributed by atoms with Crippen LogP contribution in [0.3, 0.4) is 0 Å². The number of methoxy groups -OCH3 is 2. The molecule has 3 rings (SSSR count). The lowest BCUT2D eigenvalue weighted by Crippen LogP contribution is -2.38. The van der Waals surface area contributed by atoms with Gasteiger partial charge in [0.2, 0.25) is 0 Å². The lowest BCUT2D eigenvalue weighted by Gasteiger charge is -2.31. The molecule has 0 saturated heterocycles. The highest BCUT2D eigenvalue weighted by molar-refractivity contribution is 6.03. The van der Waals surface area contributed by atoms with Crippen LogP contribution in [-0.4, -0.2) is 44.4 Å². The van der Waals surface area contributed by atoms with Gasteiger partial charge in [-0.05, 0) is 24.3 Å². The van der Waals surface area contributed by atoms with Gasteiger partial charge in [0.1, 0.15) is 29.7 Å². The number of anilines is 1. The van der Waals surface area contributed by atoms with Crippen LogP contribution in [0, 0.1) is 15.9 Å². The van der Waals surface area contributed by atoms with Gasteiger partial charge < -0.3 is 23.8 Å². The van der Waals surface area contributed by atoms with Crippen molar-refractivity contribution in [1.82, 2.24) is 0 Å². The predicted octanol–water partition coefficient (Wildman–Crippen LogP) is 2.92. The maximum Gasteiger partial charge on any atom is 0.355 e. The van der Waals surface area contributed by atoms with Gasteiger partial charge in [-0.2, -0.15) is 0 Å². The molecule has 2 aromatic rings. The summed E-state index contributed by atoms with van der Waals surface area (Å²) in [6.45, 7) is -0.399. The molecule has 11 heteroatoms. The number of ether oxygens (including phenoxy) is 4. The Labute approximate surface area is 175 Å². The SMILES string of the molecule is COC(=O)C1=C(C(=O)OC)N(c2cc(Oc3ccc(F)cc3)cc([N+](=O)[O-])c2)COC1. The normalized spacial score (nSPS) is 13.6. The molecule has 0 bridgehead atoms. The second-order valence-corrected chi connectivity index (χ2v) is 6.21. The summed E-state index contributed by atoms with van der Waals surface area (Å²) in [7, 11) is 2.28. The third-order valence-electron chi connectivity index (χ3n) is 4.28. The minimum atomic E-state index is -0.851. The summed E-state index contributed by atoms with van der Waals surface area (Å²) in [6.07, 6.45) is 0. The molecule has 0 spiro atoms. The molecule has 10 nitrogen and oxygen atoms in total. The molecular weight excluding hydrogens is 415 g/mol. The fourth-order valence-corrected chi connectivity index (χ4v) is 2.87. The first kappa shape index (κ1) is 21.7. The highest BCUT2D eigenvalue weighted by Crippen LogP contribution is 2.35. The maximum absolute atomic E-state index is 13.1. The van der Waals surface area contributed by atoms with E-state index in [0.717, 1.165) is 14.2 Å². The summed E-state index contributed by atoms with van der Waals surface area (Å²) in [5.74, 6) is -1.85. The van der Waals surface area contributed by atoms with Gasteiger partial charge in [0.15, 0.2) is 0 Å². The van der Waals surface area contributed by atoms with Crippen molar-refractivity contribution in [3.63, 3.8) is 0 Å². The van der Waals surface area contributed by atoms with E-state index >= 15 is 0 Å². The third kappa shape index (κ3) is 4.78. The Bertz CT molecular complexity index is 1050. The molecular formula is C20H17FN2O8. The maximum atomic E-state index is 13.1. The quantitative estimate of drug-likeness (QED) is 0.386. The molecule has 0 aliphatic carbocycles. The molecule has 0 saturated carbocycles. The Morgan fingerprint density at radius 1 is 1.06 bits per heavy atom. The molecule has 31 heavy (non-hydrogen) atoms. The van der Waals surface area contributed by atoms with E-state index in [1.165, 1.54) is 47.4 Å². The Hall–Kier alpha value is -3.99. The van der Waals surface area contributed by atoms with Crippen LogP contribution in [0.1, 0.15) is 0 Å². The van der Waals surface area contributed by atoms with Crippen molar-refractivity contribution in [1.29, 1.82) is 0 Å². The number of rotatable bonds is 6. The zero-order valence-corrected chi connectivity index (χ0v) is 16.5. The molecule has 0 radical (unpaired) electrons. The number of hydrogen-bond acceptors (Lipinski definition) is 9. The van der Waals surface area contributed by atoms with Crippen LogP contribution < -0.4 is 9.64 Å². The number of carbonyl (C=O) groups excluding carboxylic acids is 2. The first-order valence-electron chi connectivity index (χ1n) is 8.82. The Morgan fingerprint density at radius 3 is 2.35 bits per heavy atom. The fraction of sp³-hybridized carbons (Fsp3) is 0.200. The summed E-state index contributed by atoms with van der Waals surface area (Å²) in [5.41, 5.74) is -0.487. The summed E-state index contributed by atoms with van der Waals surface area (Å²) < 4.78 is 33.6. The molecule has 1 heterocycles. The molecule has 162 valence electrons. The molecule has 0 N–H and O–H groups in total. The first-order valence-corrected chi connectivity index (χ1v) is 8.82. The predicted molar refractivity (Wildman–Crippen MR) is 104 cm³/mol. The lowest BCUT2D eigenvalue weighted by molar-refractivity contribution is -0.384. The number of non-ortho nitro benzene ring substituents is 1. The highest BCUT2D eigenvalue weighted by Gasteiger charge is 2.33. The fourth-order valence-electron chi connectivity index (χ4n) is 2.87. The van der Waals surface area contributed by atoms with Gasteiger partial charge in [0, 0.05) is 12.1 Å². The second kappa shape index (κ2) is 9.22. The first-order chi connectivity index (χ1) is 14.8. The van der Waals surface area contributed by atoms with Gasteiger partial charge >= 0.3 is 11.9 Å². The lowest BCUT2D eigenvalue weighted by atomic mass is 10.1. The van der Waals surface area contributed by atoms with Crippen LogP contribution >= 0.6 is 0 Å². The van der Waals surface area contributed by atoms with Crippen LogP contribution in [0.4, 0.5) is 15.8 Å². The van der Waals surface area contributed by atoms with Crippen molar-refractivity contribution in [3.05, 3.63) is 69.7 Å². The summed E-state index contributed by atoms with van der Waals surface area (Å²) >= 11 is 0. The highest BCUT2D eigenvalue weighted by atomic mass is 19.1. The summed E-state index contributed by atoms with van der Waals surface area (Å²) in [5, 5.41) is 11.4. The number of esters is 2. The van der Waals surface area contributed by atoms with Crippen LogP contribution in [0.5, 0.6) is 11.5 Å². The van der Waals surface area contributed by atoms with Crippen molar-refractivity contribution in [3.8, 4) is 11.5 Å². The molecule has 0 aromatic heterocycles. The van der Waals surface area contributed by atoms with Crippen molar-refractivity contribution >= 4 is 23.3 Å². The van der Waals surface area contributed by atoms with Crippen molar-refractivity contribution in [2.75, 3.05) is 32.5 Å². The second-order valence-electron chi connectivity index (χ2n) is 6.21. The van der Waals surface area contributed by atoms with Crippen molar-refractivity contribution < 1.29 is 37.9 Å². The Morgan fingerprint density at radius 2 is 1.74 bits per heavy atom. The van der Waals surface area contributed by atoms with E-state index in [9.17, 15) is 24.1 Å². The number of nitro benzene ring substituents is 1. The van der Waals surface area contributed by atoms with Gasteiger partial charge in [0.05, 0.1) is 43.1 Å². The number of hydrogen-bond donors (Lipinski definition) is 0. The largest absolute Gasteiger partial charge is 0.466 e. The number of nitro groups is 1. The zero-order valence-electron chi connectivity index (χ0n) is 16.5. The number of carbonyl (C=O) groups is 2. The minimum Gasteiger partial charge on any atom is -0.466 e. The third-order valence-corrected chi connectivity index (χ3v) is 4.28. The average Bonchev–Trinajstić information content (AvgIpc) is 2.78. The smallest absolute Gasteiger partial charge is 0.355 e. The molecule has 0 atom stereocenters.